The normalized spacial score (nSPS) is 13.9. The molecule has 0 saturated carbocycles. The van der Waals surface area contributed by atoms with Crippen LogP contribution >= 0.6 is 11.3 Å². The molecular weight excluding hydrogens is 482 g/mol. The molecule has 0 unspecified atom stereocenters. The zero-order chi connectivity index (χ0) is 25.4. The number of carbonyl (C=O) groups is 2. The summed E-state index contributed by atoms with van der Waals surface area (Å²) in [5.41, 5.74) is 2.45. The Kier molecular flexibility index (Phi) is 5.87. The Morgan fingerprint density at radius 2 is 1.94 bits per heavy atom. The van der Waals surface area contributed by atoms with Gasteiger partial charge in [-0.3, -0.25) is 14.9 Å². The third-order valence-corrected chi connectivity index (χ3v) is 6.97. The molecule has 1 saturated heterocycles. The quantitative estimate of drug-likeness (QED) is 0.422. The van der Waals surface area contributed by atoms with Crippen LogP contribution in [0.25, 0.3) is 5.65 Å². The monoisotopic (exact) mass is 501 g/mol. The van der Waals surface area contributed by atoms with Crippen molar-refractivity contribution in [3.8, 4) is 12.1 Å². The molecule has 2 amide bonds. The molecule has 1 fully saturated rings. The molecule has 5 rings (SSSR count). The van der Waals surface area contributed by atoms with Crippen molar-refractivity contribution in [3.63, 3.8) is 0 Å². The highest BCUT2D eigenvalue weighted by atomic mass is 32.1. The predicted molar refractivity (Wildman–Crippen MR) is 126 cm³/mol. The Morgan fingerprint density at radius 3 is 2.64 bits per heavy atom. The molecule has 5 heterocycles. The zero-order valence-corrected chi connectivity index (χ0v) is 20.1. The Labute approximate surface area is 208 Å². The average molecular weight is 502 g/mol. The number of hydrogen-bond acceptors (Lipinski definition) is 10. The number of nitrogens with one attached hydrogen (secondary N) is 2. The van der Waals surface area contributed by atoms with Crippen molar-refractivity contribution in [2.75, 3.05) is 18.4 Å². The molecule has 1 aliphatic heterocycles. The minimum absolute atomic E-state index is 0.0105. The van der Waals surface area contributed by atoms with Crippen molar-refractivity contribution in [2.45, 2.75) is 32.6 Å². The predicted octanol–water partition coefficient (Wildman–Crippen LogP) is 1.94. The largest absolute Gasteiger partial charge is 0.337 e. The molecule has 0 aromatic carbocycles. The number of thiazole rings is 1. The number of nitriles is 2. The van der Waals surface area contributed by atoms with Crippen LogP contribution in [0.15, 0.2) is 11.4 Å². The van der Waals surface area contributed by atoms with E-state index < -0.39 is 5.91 Å². The SMILES string of the molecule is Cc1cc2nnc(C(=O)N3CCC(c4nc(C(=O)Nc5nc(C#N)c(C#N)[nH]5)cs4)CC3)c(C)n2n1. The Balaban J connectivity index is 1.22. The first-order chi connectivity index (χ1) is 17.4. The van der Waals surface area contributed by atoms with Crippen LogP contribution in [0.1, 0.15) is 67.5 Å². The fourth-order valence-corrected chi connectivity index (χ4v) is 5.07. The summed E-state index contributed by atoms with van der Waals surface area (Å²) in [4.78, 5) is 38.4. The topological polar surface area (TPSA) is 182 Å². The van der Waals surface area contributed by atoms with Crippen molar-refractivity contribution in [3.05, 3.63) is 50.6 Å². The summed E-state index contributed by atoms with van der Waals surface area (Å²) in [7, 11) is 0. The number of H-pyrrole nitrogens is 1. The summed E-state index contributed by atoms with van der Waals surface area (Å²) in [5.74, 6) is -0.551. The third-order valence-electron chi connectivity index (χ3n) is 5.97. The van der Waals surface area contributed by atoms with E-state index in [4.69, 9.17) is 10.5 Å². The van der Waals surface area contributed by atoms with Crippen molar-refractivity contribution >= 4 is 34.7 Å². The standard InChI is InChI=1S/C22H19N11O2S/c1-11-7-17-29-30-18(12(2)33(17)31-11)21(35)32-5-3-13(4-6-32)20-25-16(10-36-20)19(34)28-22-26-14(8-23)15(9-24)27-22/h7,10,13H,3-6H2,1-2H3,(H2,26,27,28,34). The first kappa shape index (κ1) is 23.1. The van der Waals surface area contributed by atoms with Gasteiger partial charge in [-0.1, -0.05) is 0 Å². The van der Waals surface area contributed by atoms with Crippen LogP contribution in [-0.4, -0.2) is 64.6 Å². The molecule has 2 N–H and O–H groups in total. The van der Waals surface area contributed by atoms with E-state index in [2.05, 4.69) is 35.6 Å². The molecule has 0 atom stereocenters. The molecule has 4 aromatic rings. The molecule has 0 spiro atoms. The van der Waals surface area contributed by atoms with Crippen LogP contribution in [0.4, 0.5) is 5.95 Å². The second-order valence-electron chi connectivity index (χ2n) is 8.31. The van der Waals surface area contributed by atoms with Gasteiger partial charge in [-0.2, -0.15) is 15.6 Å². The minimum Gasteiger partial charge on any atom is -0.337 e. The van der Waals surface area contributed by atoms with Gasteiger partial charge in [0.05, 0.1) is 16.4 Å². The van der Waals surface area contributed by atoms with E-state index in [9.17, 15) is 9.59 Å². The number of imidazole rings is 1. The highest BCUT2D eigenvalue weighted by molar-refractivity contribution is 7.10. The Morgan fingerprint density at radius 1 is 1.17 bits per heavy atom. The number of carbonyl (C=O) groups excluding carboxylic acids is 2. The summed E-state index contributed by atoms with van der Waals surface area (Å²) in [5, 5.41) is 35.6. The summed E-state index contributed by atoms with van der Waals surface area (Å²) in [6.07, 6.45) is 1.40. The molecule has 180 valence electrons. The van der Waals surface area contributed by atoms with E-state index in [-0.39, 0.29) is 40.5 Å². The van der Waals surface area contributed by atoms with Crippen molar-refractivity contribution in [1.82, 2.24) is 39.7 Å². The van der Waals surface area contributed by atoms with Gasteiger partial charge in [0.1, 0.15) is 17.8 Å². The van der Waals surface area contributed by atoms with Gasteiger partial charge in [0.25, 0.3) is 11.8 Å². The van der Waals surface area contributed by atoms with Crippen LogP contribution in [0.5, 0.6) is 0 Å². The van der Waals surface area contributed by atoms with Gasteiger partial charge in [-0.25, -0.2) is 14.5 Å². The average Bonchev–Trinajstić information content (AvgIpc) is 3.62. The van der Waals surface area contributed by atoms with Gasteiger partial charge >= 0.3 is 0 Å². The summed E-state index contributed by atoms with van der Waals surface area (Å²) in [6.45, 7) is 4.73. The van der Waals surface area contributed by atoms with E-state index >= 15 is 0 Å². The molecule has 36 heavy (non-hydrogen) atoms. The van der Waals surface area contributed by atoms with E-state index in [0.717, 1.165) is 10.7 Å². The van der Waals surface area contributed by atoms with Gasteiger partial charge in [0, 0.05) is 30.5 Å². The molecule has 0 aliphatic carbocycles. The summed E-state index contributed by atoms with van der Waals surface area (Å²) < 4.78 is 1.63. The van der Waals surface area contributed by atoms with E-state index in [1.165, 1.54) is 11.3 Å². The number of rotatable bonds is 4. The molecule has 1 aliphatic rings. The summed E-state index contributed by atoms with van der Waals surface area (Å²) >= 11 is 1.38. The van der Waals surface area contributed by atoms with Crippen molar-refractivity contribution in [1.29, 1.82) is 10.5 Å². The number of hydrogen-bond donors (Lipinski definition) is 2. The Hall–Kier alpha value is -4.69. The van der Waals surface area contributed by atoms with E-state index in [0.29, 0.717) is 37.3 Å². The fraction of sp³-hybridized carbons (Fsp3) is 0.318. The maximum atomic E-state index is 13.1. The number of anilines is 1. The lowest BCUT2D eigenvalue weighted by Gasteiger charge is -2.31. The van der Waals surface area contributed by atoms with Crippen LogP contribution in [0.2, 0.25) is 0 Å². The van der Waals surface area contributed by atoms with E-state index in [1.54, 1.807) is 27.8 Å². The molecule has 0 radical (unpaired) electrons. The van der Waals surface area contributed by atoms with E-state index in [1.807, 2.05) is 19.1 Å². The number of piperidine rings is 1. The number of nitrogens with zero attached hydrogens (tertiary/aromatic N) is 9. The highest BCUT2D eigenvalue weighted by Crippen LogP contribution is 2.31. The molecule has 4 aromatic heterocycles. The van der Waals surface area contributed by atoms with Crippen LogP contribution in [0.3, 0.4) is 0 Å². The lowest BCUT2D eigenvalue weighted by molar-refractivity contribution is 0.0704. The lowest BCUT2D eigenvalue weighted by atomic mass is 9.97. The van der Waals surface area contributed by atoms with Gasteiger partial charge in [-0.05, 0) is 26.7 Å². The highest BCUT2D eigenvalue weighted by Gasteiger charge is 2.29. The zero-order valence-electron chi connectivity index (χ0n) is 19.3. The number of amides is 2. The first-order valence-electron chi connectivity index (χ1n) is 11.0. The second-order valence-corrected chi connectivity index (χ2v) is 9.20. The fourth-order valence-electron chi connectivity index (χ4n) is 4.10. The maximum Gasteiger partial charge on any atom is 0.277 e. The smallest absolute Gasteiger partial charge is 0.277 e. The number of aromatic nitrogens is 7. The van der Waals surface area contributed by atoms with Crippen LogP contribution in [-0.2, 0) is 0 Å². The molecule has 0 bridgehead atoms. The summed E-state index contributed by atoms with van der Waals surface area (Å²) in [6, 6.07) is 5.42. The van der Waals surface area contributed by atoms with Crippen LogP contribution in [0, 0.1) is 36.5 Å². The lowest BCUT2D eigenvalue weighted by Crippen LogP contribution is -2.39. The third kappa shape index (κ3) is 4.14. The van der Waals surface area contributed by atoms with Crippen molar-refractivity contribution < 1.29 is 9.59 Å². The maximum absolute atomic E-state index is 13.1. The van der Waals surface area contributed by atoms with Gasteiger partial charge < -0.3 is 9.88 Å². The number of aryl methyl sites for hydroxylation is 2. The first-order valence-corrected chi connectivity index (χ1v) is 11.9. The van der Waals surface area contributed by atoms with Crippen LogP contribution < -0.4 is 5.32 Å². The minimum atomic E-state index is -0.494. The molecule has 13 nitrogen and oxygen atoms in total. The molecule has 14 heteroatoms. The Bertz CT molecular complexity index is 1550. The number of fused-ring (bicyclic) bond motifs is 1. The number of likely N-dealkylation sites (tertiary alicyclic amines) is 1. The molecular formula is C22H19N11O2S. The number of aromatic amines is 1. The van der Waals surface area contributed by atoms with Crippen molar-refractivity contribution in [2.24, 2.45) is 0 Å². The second kappa shape index (κ2) is 9.16. The van der Waals surface area contributed by atoms with Gasteiger partial charge in [-0.15, -0.1) is 21.5 Å². The van der Waals surface area contributed by atoms with Gasteiger partial charge in [0.2, 0.25) is 5.95 Å². The van der Waals surface area contributed by atoms with Gasteiger partial charge in [0.15, 0.2) is 22.7 Å².